The Kier molecular flexibility index (Phi) is 12.8. The first kappa shape index (κ1) is 52.2. The molecule has 2 aliphatic rings. The van der Waals surface area contributed by atoms with Gasteiger partial charge in [-0.1, -0.05) is 59.6 Å². The molecule has 2 unspecified atom stereocenters. The monoisotopic (exact) mass is 1130 g/mol. The lowest BCUT2D eigenvalue weighted by molar-refractivity contribution is -0.274. The average molecular weight is 1130 g/mol. The minimum absolute atomic E-state index is 0.0262. The van der Waals surface area contributed by atoms with Crippen LogP contribution in [0.3, 0.4) is 0 Å². The maximum absolute atomic E-state index is 14.6. The molecule has 0 saturated heterocycles. The third-order valence-electron chi connectivity index (χ3n) is 14.9. The highest BCUT2D eigenvalue weighted by Crippen LogP contribution is 2.45. The first-order chi connectivity index (χ1) is 38.2. The van der Waals surface area contributed by atoms with E-state index < -0.39 is 52.7 Å². The van der Waals surface area contributed by atoms with Crippen molar-refractivity contribution in [3.63, 3.8) is 0 Å². The highest BCUT2D eigenvalue weighted by atomic mass is 35.5. The van der Waals surface area contributed by atoms with Gasteiger partial charge in [0.05, 0.1) is 78.7 Å². The van der Waals surface area contributed by atoms with Crippen molar-refractivity contribution in [1.82, 2.24) is 59.3 Å². The topological polar surface area (TPSA) is 164 Å². The molecule has 6 heterocycles. The van der Waals surface area contributed by atoms with Gasteiger partial charge in [0.2, 0.25) is 0 Å². The zero-order valence-electron chi connectivity index (χ0n) is 42.3. The number of rotatable bonds is 11. The Morgan fingerprint density at radius 2 is 1.30 bits per heavy atom. The number of halogens is 8. The van der Waals surface area contributed by atoms with E-state index in [1.54, 1.807) is 41.0 Å². The number of ether oxygens (including phenoxy) is 1. The van der Waals surface area contributed by atoms with Crippen molar-refractivity contribution < 1.29 is 40.7 Å². The molecular weight excluding hydrogens is 1090 g/mol. The Morgan fingerprint density at radius 3 is 1.98 bits per heavy atom. The number of hydrogen-bond donors (Lipinski definition) is 2. The molecule has 406 valence electrons. The maximum atomic E-state index is 14.6. The first-order valence-electron chi connectivity index (χ1n) is 25.2. The van der Waals surface area contributed by atoms with Crippen LogP contribution in [0.4, 0.5) is 26.3 Å². The third-order valence-corrected chi connectivity index (χ3v) is 15.5. The van der Waals surface area contributed by atoms with E-state index in [-0.39, 0.29) is 59.1 Å². The molecule has 0 saturated carbocycles. The zero-order chi connectivity index (χ0) is 55.9. The van der Waals surface area contributed by atoms with Gasteiger partial charge in [-0.05, 0) is 134 Å². The van der Waals surface area contributed by atoms with Gasteiger partial charge in [-0.25, -0.2) is 19.6 Å². The second-order valence-corrected chi connectivity index (χ2v) is 21.1. The maximum Gasteiger partial charge on any atom is 0.573 e. The van der Waals surface area contributed by atoms with Crippen LogP contribution >= 0.6 is 23.2 Å². The molecule has 6 aromatic carbocycles. The lowest BCUT2D eigenvalue weighted by atomic mass is 9.76. The number of benzene rings is 6. The lowest BCUT2D eigenvalue weighted by Crippen LogP contribution is -2.52. The van der Waals surface area contributed by atoms with Crippen molar-refractivity contribution in [2.75, 3.05) is 0 Å². The molecule has 0 spiro atoms. The largest absolute Gasteiger partial charge is 0.573 e. The highest BCUT2D eigenvalue weighted by Gasteiger charge is 2.46. The van der Waals surface area contributed by atoms with Gasteiger partial charge in [0.15, 0.2) is 5.82 Å². The Bertz CT molecular complexity index is 4080. The van der Waals surface area contributed by atoms with Crippen LogP contribution in [0, 0.1) is 13.8 Å². The van der Waals surface area contributed by atoms with E-state index in [2.05, 4.69) is 30.6 Å². The van der Waals surface area contributed by atoms with E-state index in [1.807, 2.05) is 59.4 Å². The van der Waals surface area contributed by atoms with Gasteiger partial charge in [0, 0.05) is 24.4 Å². The zero-order valence-corrected chi connectivity index (χ0v) is 43.8. The van der Waals surface area contributed by atoms with E-state index in [4.69, 9.17) is 38.3 Å². The van der Waals surface area contributed by atoms with Gasteiger partial charge in [-0.2, -0.15) is 18.3 Å². The van der Waals surface area contributed by atoms with Crippen molar-refractivity contribution in [3.8, 4) is 17.1 Å². The fourth-order valence-electron chi connectivity index (χ4n) is 11.2. The van der Waals surface area contributed by atoms with Gasteiger partial charge in [0.25, 0.3) is 11.8 Å². The second-order valence-electron chi connectivity index (χ2n) is 20.3. The minimum atomic E-state index is -5.01. The number of carbonyl (C=O) groups excluding carboxylic acids is 2. The number of aryl methyl sites for hydroxylation is 3. The van der Waals surface area contributed by atoms with E-state index in [9.17, 15) is 35.9 Å². The van der Waals surface area contributed by atoms with Crippen LogP contribution in [0.15, 0.2) is 140 Å². The van der Waals surface area contributed by atoms with Crippen LogP contribution in [0.5, 0.6) is 5.75 Å². The summed E-state index contributed by atoms with van der Waals surface area (Å²) < 4.78 is 95.3. The van der Waals surface area contributed by atoms with E-state index >= 15 is 0 Å². The predicted molar refractivity (Wildman–Crippen MR) is 284 cm³/mol. The summed E-state index contributed by atoms with van der Waals surface area (Å²) in [6.07, 6.45) is -4.41. The number of fused-ring (bicyclic) bond motifs is 6. The second kappa shape index (κ2) is 19.7. The van der Waals surface area contributed by atoms with Crippen molar-refractivity contribution >= 4 is 57.1 Å². The fourth-order valence-corrected chi connectivity index (χ4v) is 11.7. The summed E-state index contributed by atoms with van der Waals surface area (Å²) in [7, 11) is 0. The summed E-state index contributed by atoms with van der Waals surface area (Å²) in [5, 5.41) is 18.9. The molecule has 2 N–H and O–H groups in total. The molecule has 12 rings (SSSR count). The molecular formula is C57H44Cl2F6N12O3. The summed E-state index contributed by atoms with van der Waals surface area (Å²) in [5.74, 6) is -0.589. The smallest absolute Gasteiger partial charge is 0.406 e. The average Bonchev–Trinajstić information content (AvgIpc) is 4.26. The minimum Gasteiger partial charge on any atom is -0.406 e. The summed E-state index contributed by atoms with van der Waals surface area (Å²) in [5.41, 5.74) is 3.00. The Morgan fingerprint density at radius 1 is 0.688 bits per heavy atom. The van der Waals surface area contributed by atoms with Crippen molar-refractivity contribution in [2.24, 2.45) is 0 Å². The quantitative estimate of drug-likeness (QED) is 0.120. The van der Waals surface area contributed by atoms with Crippen LogP contribution in [0.25, 0.3) is 33.4 Å². The van der Waals surface area contributed by atoms with Gasteiger partial charge < -0.3 is 24.5 Å². The summed E-state index contributed by atoms with van der Waals surface area (Å²) in [6.45, 7) is 4.02. The van der Waals surface area contributed by atoms with Crippen LogP contribution in [-0.4, -0.2) is 66.8 Å². The van der Waals surface area contributed by atoms with E-state index in [0.29, 0.717) is 46.0 Å². The highest BCUT2D eigenvalue weighted by molar-refractivity contribution is 6.34. The van der Waals surface area contributed by atoms with E-state index in [0.717, 1.165) is 40.1 Å². The van der Waals surface area contributed by atoms with Gasteiger partial charge in [-0.3, -0.25) is 14.2 Å². The predicted octanol–water partition coefficient (Wildman–Crippen LogP) is 11.7. The first-order valence-corrected chi connectivity index (χ1v) is 25.9. The summed E-state index contributed by atoms with van der Waals surface area (Å²) >= 11 is 13.7. The van der Waals surface area contributed by atoms with Crippen molar-refractivity contribution in [2.45, 2.75) is 82.2 Å². The van der Waals surface area contributed by atoms with Crippen molar-refractivity contribution in [3.05, 3.63) is 207 Å². The van der Waals surface area contributed by atoms with Crippen LogP contribution in [0.1, 0.15) is 84.8 Å². The van der Waals surface area contributed by atoms with Crippen LogP contribution < -0.4 is 15.4 Å². The number of aromatic nitrogens is 10. The number of nitrogens with zero attached hydrogens (tertiary/aromatic N) is 10. The van der Waals surface area contributed by atoms with Gasteiger partial charge >= 0.3 is 12.5 Å². The van der Waals surface area contributed by atoms with Gasteiger partial charge in [0.1, 0.15) is 36.4 Å². The normalized spacial score (nSPS) is 18.2. The van der Waals surface area contributed by atoms with Crippen molar-refractivity contribution in [1.29, 1.82) is 0 Å². The van der Waals surface area contributed by atoms with E-state index in [1.165, 1.54) is 60.1 Å². The number of carbonyl (C=O) groups is 2. The summed E-state index contributed by atoms with van der Waals surface area (Å²) in [4.78, 5) is 43.7. The molecule has 0 fully saturated rings. The Labute approximate surface area is 461 Å². The molecule has 2 aliphatic heterocycles. The molecule has 10 aromatic rings. The molecule has 3 atom stereocenters. The SMILES string of the molecule is Cc1ccc2c(c1)nc1n2C[C@@](NC(=O)c2ccc(-n3cnc(CC4CC(NC(=O)c5ccc(-n6cnnc6)cc5Cl)(c5cccc(OC(F)(F)F)c5)Cn5c4nc4cc(C)ccc45)n3)cc2Cl)(c2cccc(C(F)(F)F)c2)CC1. The molecule has 0 aliphatic carbocycles. The number of alkyl halides is 6. The third kappa shape index (κ3) is 9.88. The standard InChI is InChI=1S/C57H44Cl2F6N12O3/c1-32-9-15-47-45(19-32)69-50-17-18-54(27-75(47)50,35-5-3-7-37(22-35)56(60,61)62)71-52(78)42-14-12-39(25-44(42)59)77-29-66-49(73-77)21-34-26-55(36-6-4-8-40(23-36)80-57(63,64)65,28-76-48-16-10-33(2)20-46(48)70-51(34)76)72-53(79)41-13-11-38(24-43(41)58)74-30-67-68-31-74/h3-16,19-20,22-25,29-31,34H,17-18,21,26-28H2,1-2H3,(H,71,78)(H,72,79)/t34?,54-,55?/m1/s1. The number of nitrogens with one attached hydrogen (secondary N) is 2. The number of amides is 2. The molecule has 80 heavy (non-hydrogen) atoms. The molecule has 23 heteroatoms. The summed E-state index contributed by atoms with van der Waals surface area (Å²) in [6, 6.07) is 31.4. The molecule has 2 amide bonds. The lowest BCUT2D eigenvalue weighted by Gasteiger charge is -2.42. The van der Waals surface area contributed by atoms with Crippen LogP contribution in [-0.2, 0) is 43.2 Å². The number of imidazole rings is 2. The molecule has 4 aromatic heterocycles. The van der Waals surface area contributed by atoms with Gasteiger partial charge in [-0.15, -0.1) is 23.4 Å². The molecule has 15 nitrogen and oxygen atoms in total. The Balaban J connectivity index is 0.865. The molecule has 0 radical (unpaired) electrons. The Hall–Kier alpha value is -8.56. The fraction of sp³-hybridized carbons (Fsp3) is 0.228. The molecule has 0 bridgehead atoms. The number of hydrogen-bond acceptors (Lipinski definition) is 9. The van der Waals surface area contributed by atoms with Crippen LogP contribution in [0.2, 0.25) is 10.0 Å².